The first-order valence-corrected chi connectivity index (χ1v) is 12.6. The lowest BCUT2D eigenvalue weighted by Gasteiger charge is -2.37. The van der Waals surface area contributed by atoms with Gasteiger partial charge < -0.3 is 14.5 Å². The minimum atomic E-state index is -3.62. The number of ether oxygens (including phenoxy) is 1. The van der Waals surface area contributed by atoms with Crippen LogP contribution in [0.25, 0.3) is 0 Å². The highest BCUT2D eigenvalue weighted by Gasteiger charge is 2.30. The second-order valence-corrected chi connectivity index (χ2v) is 10.6. The van der Waals surface area contributed by atoms with E-state index in [4.69, 9.17) is 16.3 Å². The Morgan fingerprint density at radius 1 is 0.969 bits per heavy atom. The third-order valence-electron chi connectivity index (χ3n) is 6.18. The van der Waals surface area contributed by atoms with Crippen molar-refractivity contribution in [3.8, 4) is 5.75 Å². The number of hydrogen-bond acceptors (Lipinski definition) is 5. The number of hydrogen-bond donors (Lipinski definition) is 0. The molecule has 1 amide bonds. The summed E-state index contributed by atoms with van der Waals surface area (Å²) in [5.74, 6) is 0.159. The fourth-order valence-electron chi connectivity index (χ4n) is 4.34. The lowest BCUT2D eigenvalue weighted by molar-refractivity contribution is 0.0743. The van der Waals surface area contributed by atoms with E-state index in [0.717, 1.165) is 24.1 Å². The third-order valence-corrected chi connectivity index (χ3v) is 8.31. The number of sulfonamides is 1. The smallest absolute Gasteiger partial charge is 0.257 e. The average molecular weight is 478 g/mol. The summed E-state index contributed by atoms with van der Waals surface area (Å²) in [5.41, 5.74) is 2.48. The number of benzene rings is 2. The lowest BCUT2D eigenvalue weighted by atomic mass is 10.1. The molecular weight excluding hydrogens is 450 g/mol. The minimum absolute atomic E-state index is 0.136. The summed E-state index contributed by atoms with van der Waals surface area (Å²) in [5, 5.41) is 0.685. The first-order chi connectivity index (χ1) is 15.3. The maximum absolute atomic E-state index is 13.3. The number of anilines is 1. The molecule has 4 rings (SSSR count). The highest BCUT2D eigenvalue weighted by molar-refractivity contribution is 7.89. The van der Waals surface area contributed by atoms with Gasteiger partial charge in [0.1, 0.15) is 5.75 Å². The monoisotopic (exact) mass is 477 g/mol. The Morgan fingerprint density at radius 2 is 1.66 bits per heavy atom. The van der Waals surface area contributed by atoms with Gasteiger partial charge >= 0.3 is 0 Å². The largest absolute Gasteiger partial charge is 0.496 e. The molecule has 0 spiro atoms. The molecule has 32 heavy (non-hydrogen) atoms. The zero-order valence-electron chi connectivity index (χ0n) is 18.4. The Morgan fingerprint density at radius 3 is 2.31 bits per heavy atom. The zero-order valence-corrected chi connectivity index (χ0v) is 20.0. The highest BCUT2D eigenvalue weighted by Crippen LogP contribution is 2.29. The molecule has 0 saturated carbocycles. The van der Waals surface area contributed by atoms with Gasteiger partial charge in [0.25, 0.3) is 5.91 Å². The molecule has 2 fully saturated rings. The van der Waals surface area contributed by atoms with Gasteiger partial charge in [-0.15, -0.1) is 0 Å². The van der Waals surface area contributed by atoms with Crippen LogP contribution in [0.15, 0.2) is 41.3 Å². The summed E-state index contributed by atoms with van der Waals surface area (Å²) in [6.45, 7) is 5.46. The SMILES string of the molecule is COc1ccc(S(=O)(=O)N2CCCC2)cc1C(=O)N1CCN(c2cc(Cl)ccc2C)CC1. The van der Waals surface area contributed by atoms with Gasteiger partial charge in [0.05, 0.1) is 17.6 Å². The van der Waals surface area contributed by atoms with E-state index in [2.05, 4.69) is 4.90 Å². The maximum atomic E-state index is 13.3. The molecule has 2 heterocycles. The van der Waals surface area contributed by atoms with E-state index in [0.29, 0.717) is 50.0 Å². The Bertz CT molecular complexity index is 1110. The first-order valence-electron chi connectivity index (χ1n) is 10.8. The van der Waals surface area contributed by atoms with Gasteiger partial charge in [-0.1, -0.05) is 17.7 Å². The average Bonchev–Trinajstić information content (AvgIpc) is 3.36. The Labute approximate surface area is 194 Å². The summed E-state index contributed by atoms with van der Waals surface area (Å²) >= 11 is 6.17. The summed E-state index contributed by atoms with van der Waals surface area (Å²) in [6, 6.07) is 10.4. The van der Waals surface area contributed by atoms with E-state index in [9.17, 15) is 13.2 Å². The second-order valence-electron chi connectivity index (χ2n) is 8.18. The molecule has 2 saturated heterocycles. The number of carbonyl (C=O) groups excluding carboxylic acids is 1. The standard InChI is InChI=1S/C23H28ClN3O4S/c1-17-5-6-18(24)15-21(17)25-11-13-26(14-12-25)23(28)20-16-19(7-8-22(20)31-2)32(29,30)27-9-3-4-10-27/h5-8,15-16H,3-4,9-14H2,1-2H3. The van der Waals surface area contributed by atoms with Crippen molar-refractivity contribution >= 4 is 33.2 Å². The quantitative estimate of drug-likeness (QED) is 0.660. The molecule has 2 aromatic rings. The molecule has 0 atom stereocenters. The molecule has 2 aromatic carbocycles. The number of carbonyl (C=O) groups is 1. The van der Waals surface area contributed by atoms with Crippen LogP contribution in [0.1, 0.15) is 28.8 Å². The molecule has 172 valence electrons. The van der Waals surface area contributed by atoms with Gasteiger partial charge in [-0.05, 0) is 55.7 Å². The second kappa shape index (κ2) is 9.29. The van der Waals surface area contributed by atoms with Crippen LogP contribution < -0.4 is 9.64 Å². The van der Waals surface area contributed by atoms with Gasteiger partial charge in [0.2, 0.25) is 10.0 Å². The summed E-state index contributed by atoms with van der Waals surface area (Å²) in [6.07, 6.45) is 1.72. The van der Waals surface area contributed by atoms with Crippen molar-refractivity contribution in [2.45, 2.75) is 24.7 Å². The fraction of sp³-hybridized carbons (Fsp3) is 0.435. The van der Waals surface area contributed by atoms with Gasteiger partial charge in [-0.25, -0.2) is 8.42 Å². The Kier molecular flexibility index (Phi) is 6.65. The third kappa shape index (κ3) is 4.44. The topological polar surface area (TPSA) is 70.2 Å². The van der Waals surface area contributed by atoms with Crippen LogP contribution in [0.3, 0.4) is 0 Å². The number of nitrogens with zero attached hydrogens (tertiary/aromatic N) is 3. The number of methoxy groups -OCH3 is 1. The fourth-order valence-corrected chi connectivity index (χ4v) is 6.05. The van der Waals surface area contributed by atoms with Crippen molar-refractivity contribution in [3.63, 3.8) is 0 Å². The summed E-state index contributed by atoms with van der Waals surface area (Å²) in [4.78, 5) is 17.4. The van der Waals surface area contributed by atoms with Gasteiger partial charge in [-0.3, -0.25) is 4.79 Å². The predicted molar refractivity (Wildman–Crippen MR) is 125 cm³/mol. The van der Waals surface area contributed by atoms with Crippen LogP contribution >= 0.6 is 11.6 Å². The Hall–Kier alpha value is -2.29. The van der Waals surface area contributed by atoms with Crippen molar-refractivity contribution in [1.29, 1.82) is 0 Å². The zero-order chi connectivity index (χ0) is 22.9. The molecule has 2 aliphatic heterocycles. The van der Waals surface area contributed by atoms with Crippen LogP contribution in [-0.4, -0.2) is 69.9 Å². The van der Waals surface area contributed by atoms with E-state index in [1.807, 2.05) is 25.1 Å². The van der Waals surface area contributed by atoms with Crippen LogP contribution in [0.5, 0.6) is 5.75 Å². The van der Waals surface area contributed by atoms with Crippen molar-refractivity contribution < 1.29 is 17.9 Å². The lowest BCUT2D eigenvalue weighted by Crippen LogP contribution is -2.49. The van der Waals surface area contributed by atoms with E-state index >= 15 is 0 Å². The van der Waals surface area contributed by atoms with Crippen molar-refractivity contribution in [1.82, 2.24) is 9.21 Å². The predicted octanol–water partition coefficient (Wildman–Crippen LogP) is 3.40. The van der Waals surface area contributed by atoms with Crippen molar-refractivity contribution in [2.75, 3.05) is 51.3 Å². The number of halogens is 1. The van der Waals surface area contributed by atoms with E-state index in [1.54, 1.807) is 11.0 Å². The number of piperazine rings is 1. The molecule has 0 radical (unpaired) electrons. The maximum Gasteiger partial charge on any atom is 0.257 e. The van der Waals surface area contributed by atoms with E-state index < -0.39 is 10.0 Å². The molecule has 7 nitrogen and oxygen atoms in total. The Balaban J connectivity index is 1.53. The highest BCUT2D eigenvalue weighted by atomic mass is 35.5. The van der Waals surface area contributed by atoms with Crippen LogP contribution in [0, 0.1) is 6.92 Å². The summed E-state index contributed by atoms with van der Waals surface area (Å²) in [7, 11) is -2.13. The normalized spacial score (nSPS) is 17.6. The first kappa shape index (κ1) is 22.9. The van der Waals surface area contributed by atoms with Gasteiger partial charge in [0, 0.05) is 50.0 Å². The van der Waals surface area contributed by atoms with E-state index in [-0.39, 0.29) is 16.4 Å². The molecule has 0 N–H and O–H groups in total. The van der Waals surface area contributed by atoms with Crippen molar-refractivity contribution in [2.24, 2.45) is 0 Å². The van der Waals surface area contributed by atoms with Crippen LogP contribution in [0.4, 0.5) is 5.69 Å². The molecular formula is C23H28ClN3O4S. The van der Waals surface area contributed by atoms with Gasteiger partial charge in [0.15, 0.2) is 0 Å². The van der Waals surface area contributed by atoms with Gasteiger partial charge in [-0.2, -0.15) is 4.31 Å². The molecule has 9 heteroatoms. The molecule has 0 aliphatic carbocycles. The molecule has 0 unspecified atom stereocenters. The number of amides is 1. The molecule has 2 aliphatic rings. The van der Waals surface area contributed by atoms with Crippen LogP contribution in [0.2, 0.25) is 5.02 Å². The number of aryl methyl sites for hydroxylation is 1. The van der Waals surface area contributed by atoms with E-state index in [1.165, 1.54) is 23.5 Å². The summed E-state index contributed by atoms with van der Waals surface area (Å²) < 4.78 is 32.8. The minimum Gasteiger partial charge on any atom is -0.496 e. The number of rotatable bonds is 5. The molecule has 0 bridgehead atoms. The van der Waals surface area contributed by atoms with Crippen molar-refractivity contribution in [3.05, 3.63) is 52.5 Å². The van der Waals surface area contributed by atoms with Crippen LogP contribution in [-0.2, 0) is 10.0 Å². The molecule has 0 aromatic heterocycles.